The summed E-state index contributed by atoms with van der Waals surface area (Å²) in [6.45, 7) is 2.82. The van der Waals surface area contributed by atoms with Gasteiger partial charge in [-0.1, -0.05) is 24.9 Å². The van der Waals surface area contributed by atoms with Gasteiger partial charge in [0, 0.05) is 13.0 Å². The normalized spacial score (nSPS) is 12.1. The Morgan fingerprint density at radius 2 is 2.28 bits per heavy atom. The van der Waals surface area contributed by atoms with E-state index in [0.29, 0.717) is 16.9 Å². The largest absolute Gasteiger partial charge is 0.481 e. The van der Waals surface area contributed by atoms with Crippen LogP contribution in [0.25, 0.3) is 0 Å². The number of carboxylic acids is 1. The van der Waals surface area contributed by atoms with Crippen molar-refractivity contribution in [3.63, 3.8) is 0 Å². The first-order valence-corrected chi connectivity index (χ1v) is 6.42. The Morgan fingerprint density at radius 3 is 2.89 bits per heavy atom. The van der Waals surface area contributed by atoms with Crippen LogP contribution in [0.1, 0.15) is 32.6 Å². The zero-order valence-electron chi connectivity index (χ0n) is 10.4. The molecule has 1 atom stereocenters. The molecule has 6 heteroatoms. The van der Waals surface area contributed by atoms with Gasteiger partial charge in [0.15, 0.2) is 0 Å². The average Bonchev–Trinajstić information content (AvgIpc) is 2.33. The number of aliphatic carboxylic acids is 1. The van der Waals surface area contributed by atoms with Crippen LogP contribution in [0.15, 0.2) is 12.4 Å². The fraction of sp³-hybridized carbons (Fsp3) is 0.583. The molecule has 1 rings (SSSR count). The molecule has 2 N–H and O–H groups in total. The minimum Gasteiger partial charge on any atom is -0.481 e. The van der Waals surface area contributed by atoms with Crippen LogP contribution in [0, 0.1) is 5.92 Å². The molecular weight excluding hydrogens is 254 g/mol. The first-order chi connectivity index (χ1) is 8.61. The van der Waals surface area contributed by atoms with Crippen LogP contribution < -0.4 is 5.32 Å². The van der Waals surface area contributed by atoms with E-state index in [-0.39, 0.29) is 6.42 Å². The van der Waals surface area contributed by atoms with Crippen molar-refractivity contribution in [1.29, 1.82) is 0 Å². The van der Waals surface area contributed by atoms with E-state index in [9.17, 15) is 4.79 Å². The number of aromatic nitrogens is 2. The van der Waals surface area contributed by atoms with E-state index in [4.69, 9.17) is 16.7 Å². The molecule has 1 unspecified atom stereocenters. The van der Waals surface area contributed by atoms with Gasteiger partial charge >= 0.3 is 5.97 Å². The number of hydrogen-bond acceptors (Lipinski definition) is 4. The highest BCUT2D eigenvalue weighted by atomic mass is 35.5. The molecule has 0 radical (unpaired) electrons. The summed E-state index contributed by atoms with van der Waals surface area (Å²) in [5.41, 5.74) is 0. The smallest absolute Gasteiger partial charge is 0.303 e. The lowest BCUT2D eigenvalue weighted by Gasteiger charge is -2.14. The monoisotopic (exact) mass is 271 g/mol. The van der Waals surface area contributed by atoms with Gasteiger partial charge in [-0.25, -0.2) is 4.98 Å². The number of anilines is 1. The highest BCUT2D eigenvalue weighted by molar-refractivity contribution is 6.29. The highest BCUT2D eigenvalue weighted by Gasteiger charge is 2.08. The lowest BCUT2D eigenvalue weighted by Crippen LogP contribution is -2.11. The lowest BCUT2D eigenvalue weighted by molar-refractivity contribution is -0.137. The van der Waals surface area contributed by atoms with Gasteiger partial charge in [0.2, 0.25) is 0 Å². The van der Waals surface area contributed by atoms with Gasteiger partial charge in [-0.3, -0.25) is 9.78 Å². The molecule has 0 spiro atoms. The zero-order valence-corrected chi connectivity index (χ0v) is 11.2. The predicted octanol–water partition coefficient (Wildman–Crippen LogP) is 2.82. The lowest BCUT2D eigenvalue weighted by atomic mass is 9.97. The van der Waals surface area contributed by atoms with Crippen molar-refractivity contribution in [1.82, 2.24) is 9.97 Å². The number of rotatable bonds is 8. The van der Waals surface area contributed by atoms with E-state index in [1.54, 1.807) is 6.20 Å². The van der Waals surface area contributed by atoms with Crippen molar-refractivity contribution < 1.29 is 9.90 Å². The van der Waals surface area contributed by atoms with Crippen LogP contribution in [0.4, 0.5) is 5.82 Å². The maximum atomic E-state index is 10.5. The first kappa shape index (κ1) is 14.7. The molecule has 0 amide bonds. The summed E-state index contributed by atoms with van der Waals surface area (Å²) in [5, 5.41) is 12.1. The van der Waals surface area contributed by atoms with E-state index < -0.39 is 5.97 Å². The Labute approximate surface area is 112 Å². The van der Waals surface area contributed by atoms with Crippen molar-refractivity contribution in [3.8, 4) is 0 Å². The number of halogens is 1. The molecule has 18 heavy (non-hydrogen) atoms. The number of carboxylic acid groups (broad SMARTS) is 1. The third-order valence-corrected chi connectivity index (χ3v) is 2.99. The van der Waals surface area contributed by atoms with Crippen molar-refractivity contribution >= 4 is 23.4 Å². The standard InChI is InChI=1S/C12H18ClN3O2/c1-2-9(3-4-12(17)18)5-6-15-11-8-14-7-10(13)16-11/h7-9H,2-6H2,1H3,(H,15,16)(H,17,18). The second kappa shape index (κ2) is 7.87. The molecule has 0 saturated heterocycles. The minimum atomic E-state index is -0.734. The second-order valence-electron chi connectivity index (χ2n) is 4.15. The fourth-order valence-corrected chi connectivity index (χ4v) is 1.86. The predicted molar refractivity (Wildman–Crippen MR) is 70.8 cm³/mol. The van der Waals surface area contributed by atoms with Crippen molar-refractivity contribution in [2.24, 2.45) is 5.92 Å². The van der Waals surface area contributed by atoms with E-state index >= 15 is 0 Å². The van der Waals surface area contributed by atoms with E-state index in [1.165, 1.54) is 6.20 Å². The molecule has 1 aromatic rings. The van der Waals surface area contributed by atoms with Gasteiger partial charge < -0.3 is 10.4 Å². The molecule has 100 valence electrons. The molecule has 0 aliphatic carbocycles. The summed E-state index contributed by atoms with van der Waals surface area (Å²) >= 11 is 5.72. The van der Waals surface area contributed by atoms with Crippen LogP contribution in [0.2, 0.25) is 5.15 Å². The Hall–Kier alpha value is -1.36. The van der Waals surface area contributed by atoms with Gasteiger partial charge in [-0.05, 0) is 18.8 Å². The summed E-state index contributed by atoms with van der Waals surface area (Å²) < 4.78 is 0. The third kappa shape index (κ3) is 5.82. The van der Waals surface area contributed by atoms with Gasteiger partial charge in [-0.15, -0.1) is 0 Å². The maximum Gasteiger partial charge on any atom is 0.303 e. The fourth-order valence-electron chi connectivity index (χ4n) is 1.71. The first-order valence-electron chi connectivity index (χ1n) is 6.05. The third-order valence-electron chi connectivity index (χ3n) is 2.81. The summed E-state index contributed by atoms with van der Waals surface area (Å²) in [6, 6.07) is 0. The Kier molecular flexibility index (Phi) is 6.43. The van der Waals surface area contributed by atoms with Crippen molar-refractivity contribution in [2.45, 2.75) is 32.6 Å². The minimum absolute atomic E-state index is 0.232. The van der Waals surface area contributed by atoms with Crippen LogP contribution in [-0.2, 0) is 4.79 Å². The van der Waals surface area contributed by atoms with Crippen molar-refractivity contribution in [2.75, 3.05) is 11.9 Å². The van der Waals surface area contributed by atoms with Gasteiger partial charge in [0.1, 0.15) is 11.0 Å². The molecule has 5 nitrogen and oxygen atoms in total. The van der Waals surface area contributed by atoms with Crippen LogP contribution in [0.3, 0.4) is 0 Å². The van der Waals surface area contributed by atoms with Gasteiger partial charge in [0.25, 0.3) is 0 Å². The summed E-state index contributed by atoms with van der Waals surface area (Å²) in [7, 11) is 0. The quantitative estimate of drug-likeness (QED) is 0.760. The molecule has 0 aliphatic heterocycles. The SMILES string of the molecule is CCC(CCNc1cncc(Cl)n1)CCC(=O)O. The Bertz CT molecular complexity index is 387. The number of hydrogen-bond donors (Lipinski definition) is 2. The molecule has 1 aromatic heterocycles. The van der Waals surface area contributed by atoms with Crippen LogP contribution >= 0.6 is 11.6 Å². The number of carbonyl (C=O) groups is 1. The zero-order chi connectivity index (χ0) is 13.4. The number of nitrogens with zero attached hydrogens (tertiary/aromatic N) is 2. The molecule has 0 fully saturated rings. The molecule has 0 saturated carbocycles. The highest BCUT2D eigenvalue weighted by Crippen LogP contribution is 2.15. The Balaban J connectivity index is 2.28. The summed E-state index contributed by atoms with van der Waals surface area (Å²) in [5.74, 6) is 0.332. The van der Waals surface area contributed by atoms with E-state index in [1.807, 2.05) is 0 Å². The van der Waals surface area contributed by atoms with Crippen LogP contribution in [0.5, 0.6) is 0 Å². The summed E-state index contributed by atoms with van der Waals surface area (Å²) in [4.78, 5) is 18.5. The molecule has 0 aliphatic rings. The van der Waals surface area contributed by atoms with E-state index in [2.05, 4.69) is 22.2 Å². The molecule has 0 aromatic carbocycles. The second-order valence-corrected chi connectivity index (χ2v) is 4.54. The van der Waals surface area contributed by atoms with Crippen molar-refractivity contribution in [3.05, 3.63) is 17.5 Å². The average molecular weight is 272 g/mol. The molecular formula is C12H18ClN3O2. The molecule has 1 heterocycles. The Morgan fingerprint density at radius 1 is 1.50 bits per heavy atom. The maximum absolute atomic E-state index is 10.5. The van der Waals surface area contributed by atoms with E-state index in [0.717, 1.165) is 25.8 Å². The van der Waals surface area contributed by atoms with Crippen LogP contribution in [-0.4, -0.2) is 27.6 Å². The number of nitrogens with one attached hydrogen (secondary N) is 1. The summed E-state index contributed by atoms with van der Waals surface area (Å²) in [6.07, 6.45) is 5.94. The molecule has 0 bridgehead atoms. The van der Waals surface area contributed by atoms with Gasteiger partial charge in [-0.2, -0.15) is 0 Å². The topological polar surface area (TPSA) is 75.1 Å². The van der Waals surface area contributed by atoms with Gasteiger partial charge in [0.05, 0.1) is 12.4 Å².